The zero-order valence-corrected chi connectivity index (χ0v) is 11.5. The van der Waals surface area contributed by atoms with E-state index in [0.29, 0.717) is 6.42 Å². The first kappa shape index (κ1) is 12.4. The first-order chi connectivity index (χ1) is 8.83. The molecular weight excluding hydrogens is 266 g/mol. The molecule has 2 atom stereocenters. The summed E-state index contributed by atoms with van der Waals surface area (Å²) in [5.41, 5.74) is 1.02. The molecule has 18 heavy (non-hydrogen) atoms. The second-order valence-corrected chi connectivity index (χ2v) is 6.60. The summed E-state index contributed by atoms with van der Waals surface area (Å²) in [7, 11) is 0. The number of nitrogens with zero attached hydrogens (tertiary/aromatic N) is 1. The standard InChI is InChI=1S/C13H15NO2S2/c15-10(11-8-17-6-5-16-11)7-13-14-9-3-1-2-4-12(9)18-13/h1-4,10-11,15H,5-8H2. The van der Waals surface area contributed by atoms with Gasteiger partial charge < -0.3 is 9.84 Å². The lowest BCUT2D eigenvalue weighted by molar-refractivity contribution is -0.0207. The number of benzene rings is 1. The van der Waals surface area contributed by atoms with Crippen molar-refractivity contribution in [1.29, 1.82) is 0 Å². The molecule has 2 unspecified atom stereocenters. The Bertz CT molecular complexity index is 489. The molecule has 1 fully saturated rings. The smallest absolute Gasteiger partial charge is 0.0965 e. The lowest BCUT2D eigenvalue weighted by Crippen LogP contribution is -2.36. The maximum atomic E-state index is 10.2. The van der Waals surface area contributed by atoms with E-state index in [9.17, 15) is 5.11 Å². The minimum Gasteiger partial charge on any atom is -0.390 e. The SMILES string of the molecule is OC(Cc1nc2ccccc2s1)C1CSCCO1. The number of aromatic nitrogens is 1. The average molecular weight is 281 g/mol. The van der Waals surface area contributed by atoms with Crippen LogP contribution in [0.5, 0.6) is 0 Å². The second-order valence-electron chi connectivity index (χ2n) is 4.33. The summed E-state index contributed by atoms with van der Waals surface area (Å²) in [6.45, 7) is 0.742. The molecule has 3 nitrogen and oxygen atoms in total. The van der Waals surface area contributed by atoms with Crippen LogP contribution in [-0.4, -0.2) is 40.4 Å². The van der Waals surface area contributed by atoms with Crippen molar-refractivity contribution in [2.75, 3.05) is 18.1 Å². The van der Waals surface area contributed by atoms with Crippen molar-refractivity contribution in [3.8, 4) is 0 Å². The van der Waals surface area contributed by atoms with Gasteiger partial charge >= 0.3 is 0 Å². The topological polar surface area (TPSA) is 42.4 Å². The van der Waals surface area contributed by atoms with Gasteiger partial charge in [0.15, 0.2) is 0 Å². The number of fused-ring (bicyclic) bond motifs is 1. The molecule has 1 saturated heterocycles. The maximum absolute atomic E-state index is 10.2. The first-order valence-electron chi connectivity index (χ1n) is 6.05. The third-order valence-electron chi connectivity index (χ3n) is 2.99. The normalized spacial score (nSPS) is 22.2. The Morgan fingerprint density at radius 3 is 3.11 bits per heavy atom. The van der Waals surface area contributed by atoms with E-state index < -0.39 is 6.10 Å². The highest BCUT2D eigenvalue weighted by molar-refractivity contribution is 7.99. The molecule has 1 N–H and O–H groups in total. The molecule has 2 heterocycles. The first-order valence-corrected chi connectivity index (χ1v) is 8.02. The molecule has 0 saturated carbocycles. The van der Waals surface area contributed by atoms with Crippen LogP contribution < -0.4 is 0 Å². The van der Waals surface area contributed by atoms with E-state index in [-0.39, 0.29) is 6.10 Å². The van der Waals surface area contributed by atoms with Crippen LogP contribution in [0.4, 0.5) is 0 Å². The summed E-state index contributed by atoms with van der Waals surface area (Å²) in [6, 6.07) is 8.08. The highest BCUT2D eigenvalue weighted by atomic mass is 32.2. The van der Waals surface area contributed by atoms with Gasteiger partial charge in [-0.05, 0) is 12.1 Å². The molecule has 3 rings (SSSR count). The summed E-state index contributed by atoms with van der Waals surface area (Å²) >= 11 is 3.50. The monoisotopic (exact) mass is 281 g/mol. The highest BCUT2D eigenvalue weighted by Gasteiger charge is 2.24. The third kappa shape index (κ3) is 2.69. The molecule has 5 heteroatoms. The molecule has 0 bridgehead atoms. The number of thiazole rings is 1. The van der Waals surface area contributed by atoms with Crippen LogP contribution in [0.2, 0.25) is 0 Å². The van der Waals surface area contributed by atoms with E-state index in [1.54, 1.807) is 11.3 Å². The Morgan fingerprint density at radius 1 is 1.44 bits per heavy atom. The van der Waals surface area contributed by atoms with Crippen LogP contribution >= 0.6 is 23.1 Å². The van der Waals surface area contributed by atoms with Crippen LogP contribution in [-0.2, 0) is 11.2 Å². The quantitative estimate of drug-likeness (QED) is 0.937. The van der Waals surface area contributed by atoms with E-state index in [0.717, 1.165) is 28.6 Å². The molecular formula is C13H15NO2S2. The van der Waals surface area contributed by atoms with Crippen molar-refractivity contribution < 1.29 is 9.84 Å². The molecule has 0 aliphatic carbocycles. The van der Waals surface area contributed by atoms with Crippen molar-refractivity contribution in [2.24, 2.45) is 0 Å². The molecule has 1 aliphatic rings. The van der Waals surface area contributed by atoms with Gasteiger partial charge in [-0.2, -0.15) is 11.8 Å². The average Bonchev–Trinajstić information content (AvgIpc) is 2.82. The van der Waals surface area contributed by atoms with Gasteiger partial charge in [0.1, 0.15) is 0 Å². The van der Waals surface area contributed by atoms with Crippen molar-refractivity contribution in [1.82, 2.24) is 4.98 Å². The van der Waals surface area contributed by atoms with Gasteiger partial charge in [-0.1, -0.05) is 12.1 Å². The molecule has 0 amide bonds. The Labute approximate surface area is 114 Å². The van der Waals surface area contributed by atoms with Crippen LogP contribution in [0.1, 0.15) is 5.01 Å². The Balaban J connectivity index is 1.71. The summed E-state index contributed by atoms with van der Waals surface area (Å²) in [5, 5.41) is 11.2. The predicted molar refractivity (Wildman–Crippen MR) is 76.4 cm³/mol. The van der Waals surface area contributed by atoms with Gasteiger partial charge in [0.05, 0.1) is 34.0 Å². The van der Waals surface area contributed by atoms with Gasteiger partial charge in [0, 0.05) is 17.9 Å². The molecule has 0 radical (unpaired) electrons. The lowest BCUT2D eigenvalue weighted by Gasteiger charge is -2.26. The van der Waals surface area contributed by atoms with Crippen molar-refractivity contribution in [3.63, 3.8) is 0 Å². The van der Waals surface area contributed by atoms with Gasteiger partial charge in [-0.3, -0.25) is 0 Å². The largest absolute Gasteiger partial charge is 0.390 e. The van der Waals surface area contributed by atoms with Gasteiger partial charge in [-0.25, -0.2) is 4.98 Å². The van der Waals surface area contributed by atoms with E-state index in [1.165, 1.54) is 4.70 Å². The van der Waals surface area contributed by atoms with Crippen LogP contribution in [0.3, 0.4) is 0 Å². The lowest BCUT2D eigenvalue weighted by atomic mass is 10.1. The third-order valence-corrected chi connectivity index (χ3v) is 5.07. The predicted octanol–water partition coefficient (Wildman–Crippen LogP) is 2.33. The minimum absolute atomic E-state index is 0.0456. The minimum atomic E-state index is -0.446. The Kier molecular flexibility index (Phi) is 3.84. The number of para-hydroxylation sites is 1. The van der Waals surface area contributed by atoms with E-state index in [2.05, 4.69) is 11.1 Å². The molecule has 0 spiro atoms. The zero-order chi connectivity index (χ0) is 12.4. The Morgan fingerprint density at radius 2 is 2.33 bits per heavy atom. The number of aliphatic hydroxyl groups excluding tert-OH is 1. The fourth-order valence-electron chi connectivity index (χ4n) is 2.05. The number of aliphatic hydroxyl groups is 1. The maximum Gasteiger partial charge on any atom is 0.0965 e. The Hall–Kier alpha value is -0.620. The fourth-order valence-corrected chi connectivity index (χ4v) is 3.99. The van der Waals surface area contributed by atoms with E-state index >= 15 is 0 Å². The molecule has 96 valence electrons. The van der Waals surface area contributed by atoms with Crippen LogP contribution in [0, 0.1) is 0 Å². The van der Waals surface area contributed by atoms with Crippen molar-refractivity contribution in [3.05, 3.63) is 29.3 Å². The summed E-state index contributed by atoms with van der Waals surface area (Å²) < 4.78 is 6.77. The number of hydrogen-bond acceptors (Lipinski definition) is 5. The number of hydrogen-bond donors (Lipinski definition) is 1. The van der Waals surface area contributed by atoms with Crippen LogP contribution in [0.15, 0.2) is 24.3 Å². The molecule has 1 aromatic carbocycles. The van der Waals surface area contributed by atoms with E-state index in [1.807, 2.05) is 30.0 Å². The molecule has 1 aromatic heterocycles. The summed E-state index contributed by atoms with van der Waals surface area (Å²) in [5.74, 6) is 1.91. The molecule has 1 aliphatic heterocycles. The number of rotatable bonds is 3. The second kappa shape index (κ2) is 5.57. The van der Waals surface area contributed by atoms with Gasteiger partial charge in [0.25, 0.3) is 0 Å². The molecule has 2 aromatic rings. The van der Waals surface area contributed by atoms with Crippen molar-refractivity contribution >= 4 is 33.3 Å². The van der Waals surface area contributed by atoms with Gasteiger partial charge in [-0.15, -0.1) is 11.3 Å². The zero-order valence-electron chi connectivity index (χ0n) is 9.91. The number of ether oxygens (including phenoxy) is 1. The van der Waals surface area contributed by atoms with Crippen LogP contribution in [0.25, 0.3) is 10.2 Å². The fraction of sp³-hybridized carbons (Fsp3) is 0.462. The van der Waals surface area contributed by atoms with E-state index in [4.69, 9.17) is 4.74 Å². The van der Waals surface area contributed by atoms with Gasteiger partial charge in [0.2, 0.25) is 0 Å². The summed E-state index contributed by atoms with van der Waals surface area (Å²) in [4.78, 5) is 4.54. The highest BCUT2D eigenvalue weighted by Crippen LogP contribution is 2.24. The number of thioether (sulfide) groups is 1. The van der Waals surface area contributed by atoms with Crippen molar-refractivity contribution in [2.45, 2.75) is 18.6 Å². The summed E-state index contributed by atoms with van der Waals surface area (Å²) in [6.07, 6.45) is 0.0963.